The Hall–Kier alpha value is -3.92. The summed E-state index contributed by atoms with van der Waals surface area (Å²) in [4.78, 5) is 47.8. The number of esters is 1. The summed E-state index contributed by atoms with van der Waals surface area (Å²) in [5, 5.41) is 6.88. The van der Waals surface area contributed by atoms with Crippen molar-refractivity contribution in [2.75, 3.05) is 17.2 Å². The summed E-state index contributed by atoms with van der Waals surface area (Å²) in [7, 11) is 0. The molecule has 0 aliphatic carbocycles. The van der Waals surface area contributed by atoms with Gasteiger partial charge >= 0.3 is 5.97 Å². The molecule has 0 fully saturated rings. The summed E-state index contributed by atoms with van der Waals surface area (Å²) in [6, 6.07) is 10.7. The third-order valence-electron chi connectivity index (χ3n) is 3.66. The molecule has 2 aromatic heterocycles. The van der Waals surface area contributed by atoms with E-state index in [9.17, 15) is 19.2 Å². The van der Waals surface area contributed by atoms with Crippen molar-refractivity contribution in [3.63, 3.8) is 0 Å². The summed E-state index contributed by atoms with van der Waals surface area (Å²) in [5.41, 5.74) is 5.65. The lowest BCUT2D eigenvalue weighted by Gasteiger charge is -2.10. The van der Waals surface area contributed by atoms with Gasteiger partial charge in [-0.2, -0.15) is 0 Å². The maximum atomic E-state index is 12.4. The minimum absolute atomic E-state index is 0.0640. The van der Waals surface area contributed by atoms with Gasteiger partial charge in [0.05, 0.1) is 23.1 Å². The maximum absolute atomic E-state index is 12.4. The number of ether oxygens (including phenoxy) is 1. The predicted molar refractivity (Wildman–Crippen MR) is 105 cm³/mol. The van der Waals surface area contributed by atoms with Crippen LogP contribution in [-0.4, -0.2) is 30.3 Å². The minimum atomic E-state index is -0.809. The topological polar surface area (TPSA) is 141 Å². The fourth-order valence-corrected chi connectivity index (χ4v) is 3.14. The molecule has 4 N–H and O–H groups in total. The first-order valence-electron chi connectivity index (χ1n) is 8.24. The van der Waals surface area contributed by atoms with E-state index in [2.05, 4.69) is 10.6 Å². The van der Waals surface area contributed by atoms with Gasteiger partial charge in [0.1, 0.15) is 5.00 Å². The van der Waals surface area contributed by atoms with Crippen LogP contribution in [0.25, 0.3) is 0 Å². The lowest BCUT2D eigenvalue weighted by Crippen LogP contribution is -2.23. The SMILES string of the molecule is NC(=O)c1ccsc1NC(=O)COC(=O)c1ccccc1NC(=O)c1ccco1. The van der Waals surface area contributed by atoms with Crippen molar-refractivity contribution in [3.05, 3.63) is 71.0 Å². The first-order valence-corrected chi connectivity index (χ1v) is 9.12. The number of hydrogen-bond acceptors (Lipinski definition) is 7. The third-order valence-corrected chi connectivity index (χ3v) is 4.49. The fourth-order valence-electron chi connectivity index (χ4n) is 2.33. The molecule has 0 saturated carbocycles. The second-order valence-corrected chi connectivity index (χ2v) is 6.55. The minimum Gasteiger partial charge on any atom is -0.459 e. The Morgan fingerprint density at radius 2 is 1.79 bits per heavy atom. The predicted octanol–water partition coefficient (Wildman–Crippen LogP) is 2.49. The van der Waals surface area contributed by atoms with Crippen molar-refractivity contribution >= 4 is 45.7 Å². The standard InChI is InChI=1S/C19H15N3O6S/c20-16(24)12-7-9-29-18(12)22-15(23)10-28-19(26)11-4-1-2-5-13(11)21-17(25)14-6-3-8-27-14/h1-9H,10H2,(H2,20,24)(H,21,25)(H,22,23). The van der Waals surface area contributed by atoms with Gasteiger partial charge in [-0.25, -0.2) is 4.79 Å². The number of hydrogen-bond donors (Lipinski definition) is 3. The van der Waals surface area contributed by atoms with E-state index in [0.29, 0.717) is 0 Å². The van der Waals surface area contributed by atoms with Crippen LogP contribution in [0, 0.1) is 0 Å². The molecule has 3 rings (SSSR count). The highest BCUT2D eigenvalue weighted by Gasteiger charge is 2.18. The number of nitrogens with two attached hydrogens (primary N) is 1. The molecule has 0 saturated heterocycles. The van der Waals surface area contributed by atoms with Crippen molar-refractivity contribution in [2.24, 2.45) is 5.73 Å². The Labute approximate surface area is 168 Å². The summed E-state index contributed by atoms with van der Waals surface area (Å²) >= 11 is 1.12. The second-order valence-electron chi connectivity index (χ2n) is 5.63. The van der Waals surface area contributed by atoms with Gasteiger partial charge in [-0.3, -0.25) is 14.4 Å². The van der Waals surface area contributed by atoms with Gasteiger partial charge in [-0.15, -0.1) is 11.3 Å². The normalized spacial score (nSPS) is 10.2. The summed E-state index contributed by atoms with van der Waals surface area (Å²) in [6.45, 7) is -0.588. The average Bonchev–Trinajstić information content (AvgIpc) is 3.38. The number of anilines is 2. The van der Waals surface area contributed by atoms with Crippen LogP contribution in [0.3, 0.4) is 0 Å². The van der Waals surface area contributed by atoms with Gasteiger partial charge in [0.2, 0.25) is 0 Å². The number of nitrogens with one attached hydrogen (secondary N) is 2. The van der Waals surface area contributed by atoms with Gasteiger partial charge in [0.15, 0.2) is 12.4 Å². The number of benzene rings is 1. The van der Waals surface area contributed by atoms with Gasteiger partial charge < -0.3 is 25.5 Å². The number of para-hydroxylation sites is 1. The smallest absolute Gasteiger partial charge is 0.340 e. The molecule has 3 amide bonds. The van der Waals surface area contributed by atoms with Crippen LogP contribution < -0.4 is 16.4 Å². The van der Waals surface area contributed by atoms with E-state index in [1.54, 1.807) is 23.6 Å². The molecule has 0 bridgehead atoms. The number of primary amides is 1. The molecule has 0 atom stereocenters. The zero-order valence-electron chi connectivity index (χ0n) is 14.8. The van der Waals surface area contributed by atoms with Crippen molar-refractivity contribution < 1.29 is 28.3 Å². The molecule has 0 aliphatic rings. The molecular formula is C19H15N3O6S. The van der Waals surface area contributed by atoms with Crippen LogP contribution in [0.15, 0.2) is 58.5 Å². The Kier molecular flexibility index (Phi) is 6.05. The van der Waals surface area contributed by atoms with Crippen LogP contribution in [0.4, 0.5) is 10.7 Å². The first-order chi connectivity index (χ1) is 14.0. The quantitative estimate of drug-likeness (QED) is 0.508. The number of amides is 3. The molecule has 1 aromatic carbocycles. The lowest BCUT2D eigenvalue weighted by atomic mass is 10.1. The monoisotopic (exact) mass is 413 g/mol. The van der Waals surface area contributed by atoms with Gasteiger partial charge in [0, 0.05) is 0 Å². The van der Waals surface area contributed by atoms with Crippen LogP contribution in [0.1, 0.15) is 31.3 Å². The molecule has 9 nitrogen and oxygen atoms in total. The number of furan rings is 1. The Morgan fingerprint density at radius 3 is 2.52 bits per heavy atom. The van der Waals surface area contributed by atoms with E-state index in [0.717, 1.165) is 11.3 Å². The highest BCUT2D eigenvalue weighted by molar-refractivity contribution is 7.14. The van der Waals surface area contributed by atoms with Crippen LogP contribution in [0.5, 0.6) is 0 Å². The highest BCUT2D eigenvalue weighted by Crippen LogP contribution is 2.22. The van der Waals surface area contributed by atoms with E-state index in [4.69, 9.17) is 14.9 Å². The third kappa shape index (κ3) is 4.87. The van der Waals surface area contributed by atoms with E-state index in [1.165, 1.54) is 30.5 Å². The molecule has 0 spiro atoms. The van der Waals surface area contributed by atoms with Crippen LogP contribution in [-0.2, 0) is 9.53 Å². The molecule has 0 aliphatic heterocycles. The van der Waals surface area contributed by atoms with Crippen LogP contribution >= 0.6 is 11.3 Å². The van der Waals surface area contributed by atoms with Crippen molar-refractivity contribution in [1.29, 1.82) is 0 Å². The lowest BCUT2D eigenvalue weighted by molar-refractivity contribution is -0.119. The van der Waals surface area contributed by atoms with Crippen molar-refractivity contribution in [1.82, 2.24) is 0 Å². The molecular weight excluding hydrogens is 398 g/mol. The Balaban J connectivity index is 1.62. The number of carbonyl (C=O) groups is 4. The first kappa shape index (κ1) is 19.8. The molecule has 0 unspecified atom stereocenters. The average molecular weight is 413 g/mol. The number of thiophene rings is 1. The Bertz CT molecular complexity index is 1060. The highest BCUT2D eigenvalue weighted by atomic mass is 32.1. The maximum Gasteiger partial charge on any atom is 0.340 e. The zero-order valence-corrected chi connectivity index (χ0v) is 15.7. The molecule has 0 radical (unpaired) electrons. The summed E-state index contributed by atoms with van der Waals surface area (Å²) < 4.78 is 10.0. The number of rotatable bonds is 7. The molecule has 148 valence electrons. The van der Waals surface area contributed by atoms with Crippen molar-refractivity contribution in [2.45, 2.75) is 0 Å². The summed E-state index contributed by atoms with van der Waals surface area (Å²) in [5.74, 6) is -2.59. The van der Waals surface area contributed by atoms with Crippen LogP contribution in [0.2, 0.25) is 0 Å². The fraction of sp³-hybridized carbons (Fsp3) is 0.0526. The van der Waals surface area contributed by atoms with E-state index < -0.39 is 30.3 Å². The second kappa shape index (κ2) is 8.85. The van der Waals surface area contributed by atoms with E-state index in [-0.39, 0.29) is 27.6 Å². The molecule has 2 heterocycles. The van der Waals surface area contributed by atoms with Crippen molar-refractivity contribution in [3.8, 4) is 0 Å². The van der Waals surface area contributed by atoms with Gasteiger partial charge in [-0.1, -0.05) is 12.1 Å². The molecule has 29 heavy (non-hydrogen) atoms. The Morgan fingerprint density at radius 1 is 1.00 bits per heavy atom. The van der Waals surface area contributed by atoms with Gasteiger partial charge in [0.25, 0.3) is 17.7 Å². The van der Waals surface area contributed by atoms with Gasteiger partial charge in [-0.05, 0) is 35.7 Å². The molecule has 10 heteroatoms. The molecule has 3 aromatic rings. The van der Waals surface area contributed by atoms with E-state index >= 15 is 0 Å². The summed E-state index contributed by atoms with van der Waals surface area (Å²) in [6.07, 6.45) is 1.35. The largest absolute Gasteiger partial charge is 0.459 e. The zero-order chi connectivity index (χ0) is 20.8. The number of carbonyl (C=O) groups excluding carboxylic acids is 4. The van der Waals surface area contributed by atoms with E-state index in [1.807, 2.05) is 0 Å².